The van der Waals surface area contributed by atoms with Gasteiger partial charge in [0.2, 0.25) is 0 Å². The molecule has 0 unspecified atom stereocenters. The van der Waals surface area contributed by atoms with Crippen molar-refractivity contribution in [3.05, 3.63) is 59.7 Å². The maximum atomic E-state index is 9.61. The molecule has 26 heavy (non-hydrogen) atoms. The fourth-order valence-corrected chi connectivity index (χ4v) is 3.33. The molecule has 0 aliphatic heterocycles. The van der Waals surface area contributed by atoms with Crippen LogP contribution in [-0.2, 0) is 13.2 Å². The van der Waals surface area contributed by atoms with Crippen LogP contribution in [0.25, 0.3) is 0 Å². The van der Waals surface area contributed by atoms with Crippen molar-refractivity contribution in [3.63, 3.8) is 0 Å². The van der Waals surface area contributed by atoms with Gasteiger partial charge in [-0.15, -0.1) is 0 Å². The molecule has 0 spiro atoms. The molecule has 2 aromatic rings. The van der Waals surface area contributed by atoms with Crippen molar-refractivity contribution in [3.8, 4) is 11.5 Å². The van der Waals surface area contributed by atoms with E-state index < -0.39 is 0 Å². The van der Waals surface area contributed by atoms with E-state index in [1.54, 1.807) is 0 Å². The Hall–Kier alpha value is -2.04. The van der Waals surface area contributed by atoms with E-state index >= 15 is 0 Å². The van der Waals surface area contributed by atoms with Gasteiger partial charge in [-0.05, 0) is 55.9 Å². The second-order valence-corrected chi connectivity index (χ2v) is 6.87. The fourth-order valence-electron chi connectivity index (χ4n) is 3.33. The van der Waals surface area contributed by atoms with Gasteiger partial charge < -0.3 is 19.9 Å². The molecule has 3 rings (SSSR count). The van der Waals surface area contributed by atoms with Crippen molar-refractivity contribution in [2.75, 3.05) is 6.61 Å². The van der Waals surface area contributed by atoms with Crippen molar-refractivity contribution in [2.24, 2.45) is 0 Å². The lowest BCUT2D eigenvalue weighted by molar-refractivity contribution is 0.116. The summed E-state index contributed by atoms with van der Waals surface area (Å²) in [7, 11) is 0. The van der Waals surface area contributed by atoms with E-state index in [-0.39, 0.29) is 6.10 Å². The van der Waals surface area contributed by atoms with Gasteiger partial charge in [-0.25, -0.2) is 0 Å². The first-order valence-corrected chi connectivity index (χ1v) is 9.58. The quantitative estimate of drug-likeness (QED) is 0.750. The van der Waals surface area contributed by atoms with Crippen LogP contribution in [0, 0.1) is 0 Å². The summed E-state index contributed by atoms with van der Waals surface area (Å²) < 4.78 is 11.7. The minimum absolute atomic E-state index is 0.112. The van der Waals surface area contributed by atoms with Gasteiger partial charge in [0.05, 0.1) is 12.7 Å². The third kappa shape index (κ3) is 5.48. The Balaban J connectivity index is 1.58. The topological polar surface area (TPSA) is 50.7 Å². The predicted molar refractivity (Wildman–Crippen MR) is 103 cm³/mol. The molecule has 0 atom stereocenters. The summed E-state index contributed by atoms with van der Waals surface area (Å²) in [6, 6.07) is 16.8. The standard InChI is InChI=1S/C22H29NO3/c1-2-25-22-14-18(15-23-19-9-11-20(24)12-10-19)8-13-21(22)26-16-17-6-4-3-5-7-17/h3-8,13-14,19-20,23-24H,2,9-12,15-16H2,1H3. The molecule has 0 heterocycles. The lowest BCUT2D eigenvalue weighted by Gasteiger charge is -2.26. The molecule has 2 N–H and O–H groups in total. The van der Waals surface area contributed by atoms with E-state index in [0.717, 1.165) is 49.3 Å². The maximum absolute atomic E-state index is 9.61. The Labute approximate surface area is 156 Å². The zero-order valence-electron chi connectivity index (χ0n) is 15.5. The van der Waals surface area contributed by atoms with Crippen molar-refractivity contribution in [1.29, 1.82) is 0 Å². The Morgan fingerprint density at radius 1 is 0.923 bits per heavy atom. The minimum Gasteiger partial charge on any atom is -0.490 e. The van der Waals surface area contributed by atoms with Crippen molar-refractivity contribution >= 4 is 0 Å². The Morgan fingerprint density at radius 2 is 1.69 bits per heavy atom. The molecular weight excluding hydrogens is 326 g/mol. The zero-order valence-corrected chi connectivity index (χ0v) is 15.5. The molecule has 140 valence electrons. The van der Waals surface area contributed by atoms with Gasteiger partial charge in [-0.1, -0.05) is 36.4 Å². The average Bonchev–Trinajstić information content (AvgIpc) is 2.68. The van der Waals surface area contributed by atoms with E-state index in [1.165, 1.54) is 5.56 Å². The van der Waals surface area contributed by atoms with Crippen molar-refractivity contribution in [2.45, 2.75) is 57.9 Å². The Kier molecular flexibility index (Phi) is 6.92. The van der Waals surface area contributed by atoms with Crippen LogP contribution in [0.4, 0.5) is 0 Å². The second-order valence-electron chi connectivity index (χ2n) is 6.87. The Bertz CT molecular complexity index is 666. The molecular formula is C22H29NO3. The molecule has 0 radical (unpaired) electrons. The smallest absolute Gasteiger partial charge is 0.161 e. The molecule has 2 aromatic carbocycles. The Morgan fingerprint density at radius 3 is 2.42 bits per heavy atom. The molecule has 1 saturated carbocycles. The number of hydrogen-bond acceptors (Lipinski definition) is 4. The van der Waals surface area contributed by atoms with E-state index in [4.69, 9.17) is 9.47 Å². The first-order chi connectivity index (χ1) is 12.7. The summed E-state index contributed by atoms with van der Waals surface area (Å²) in [6.45, 7) is 3.93. The highest BCUT2D eigenvalue weighted by Crippen LogP contribution is 2.29. The van der Waals surface area contributed by atoms with Gasteiger partial charge in [0.1, 0.15) is 6.61 Å². The van der Waals surface area contributed by atoms with Gasteiger partial charge in [0.25, 0.3) is 0 Å². The van der Waals surface area contributed by atoms with Crippen LogP contribution in [0.15, 0.2) is 48.5 Å². The first kappa shape index (κ1) is 18.7. The summed E-state index contributed by atoms with van der Waals surface area (Å²) in [5.41, 5.74) is 2.33. The summed E-state index contributed by atoms with van der Waals surface area (Å²) in [4.78, 5) is 0. The first-order valence-electron chi connectivity index (χ1n) is 9.58. The number of rotatable bonds is 8. The van der Waals surface area contributed by atoms with E-state index in [9.17, 15) is 5.11 Å². The monoisotopic (exact) mass is 355 g/mol. The predicted octanol–water partition coefficient (Wildman–Crippen LogP) is 4.06. The van der Waals surface area contributed by atoms with Crippen LogP contribution in [0.5, 0.6) is 11.5 Å². The minimum atomic E-state index is -0.112. The molecule has 0 saturated heterocycles. The van der Waals surface area contributed by atoms with Crippen molar-refractivity contribution < 1.29 is 14.6 Å². The molecule has 4 nitrogen and oxygen atoms in total. The fraction of sp³-hybridized carbons (Fsp3) is 0.455. The summed E-state index contributed by atoms with van der Waals surface area (Å²) in [5.74, 6) is 1.57. The molecule has 0 bridgehead atoms. The van der Waals surface area contributed by atoms with Crippen LogP contribution in [0.1, 0.15) is 43.7 Å². The highest BCUT2D eigenvalue weighted by Gasteiger charge is 2.18. The van der Waals surface area contributed by atoms with Gasteiger partial charge in [0, 0.05) is 12.6 Å². The molecule has 0 amide bonds. The molecule has 1 fully saturated rings. The second kappa shape index (κ2) is 9.60. The zero-order chi connectivity index (χ0) is 18.2. The number of hydrogen-bond donors (Lipinski definition) is 2. The van der Waals surface area contributed by atoms with Crippen LogP contribution in [0.3, 0.4) is 0 Å². The van der Waals surface area contributed by atoms with E-state index in [2.05, 4.69) is 29.6 Å². The average molecular weight is 355 g/mol. The number of aliphatic hydroxyl groups excluding tert-OH is 1. The SMILES string of the molecule is CCOc1cc(CNC2CCC(O)CC2)ccc1OCc1ccccc1. The van der Waals surface area contributed by atoms with Gasteiger partial charge in [0.15, 0.2) is 11.5 Å². The third-order valence-corrected chi connectivity index (χ3v) is 4.84. The summed E-state index contributed by atoms with van der Waals surface area (Å²) in [6.07, 6.45) is 3.76. The number of benzene rings is 2. The largest absolute Gasteiger partial charge is 0.490 e. The molecule has 1 aliphatic carbocycles. The normalized spacial score (nSPS) is 19.9. The van der Waals surface area contributed by atoms with Crippen LogP contribution in [0.2, 0.25) is 0 Å². The van der Waals surface area contributed by atoms with Crippen LogP contribution >= 0.6 is 0 Å². The lowest BCUT2D eigenvalue weighted by atomic mass is 9.93. The van der Waals surface area contributed by atoms with Gasteiger partial charge >= 0.3 is 0 Å². The molecule has 0 aromatic heterocycles. The number of nitrogens with one attached hydrogen (secondary N) is 1. The molecule has 4 heteroatoms. The summed E-state index contributed by atoms with van der Waals surface area (Å²) >= 11 is 0. The lowest BCUT2D eigenvalue weighted by Crippen LogP contribution is -2.34. The van der Waals surface area contributed by atoms with Gasteiger partial charge in [-0.2, -0.15) is 0 Å². The highest BCUT2D eigenvalue weighted by atomic mass is 16.5. The van der Waals surface area contributed by atoms with Crippen LogP contribution in [-0.4, -0.2) is 23.9 Å². The summed E-state index contributed by atoms with van der Waals surface area (Å²) in [5, 5.41) is 13.2. The number of ether oxygens (including phenoxy) is 2. The van der Waals surface area contributed by atoms with Crippen LogP contribution < -0.4 is 14.8 Å². The van der Waals surface area contributed by atoms with Gasteiger partial charge in [-0.3, -0.25) is 0 Å². The highest BCUT2D eigenvalue weighted by molar-refractivity contribution is 5.43. The molecule has 1 aliphatic rings. The van der Waals surface area contributed by atoms with E-state index in [1.807, 2.05) is 31.2 Å². The van der Waals surface area contributed by atoms with E-state index in [0.29, 0.717) is 19.3 Å². The van der Waals surface area contributed by atoms with Crippen molar-refractivity contribution in [1.82, 2.24) is 5.32 Å². The third-order valence-electron chi connectivity index (χ3n) is 4.84. The number of aliphatic hydroxyl groups is 1. The maximum Gasteiger partial charge on any atom is 0.161 e.